The number of aromatic nitrogens is 1. The molecule has 0 unspecified atom stereocenters. The third-order valence-corrected chi connectivity index (χ3v) is 6.19. The molecular formula is C24H26N2O5S. The average Bonchev–Trinajstić information content (AvgIpc) is 3.45. The second kappa shape index (κ2) is 9.10. The summed E-state index contributed by atoms with van der Waals surface area (Å²) >= 11 is 0. The molecule has 0 saturated heterocycles. The van der Waals surface area contributed by atoms with Gasteiger partial charge in [-0.25, -0.2) is 8.42 Å². The van der Waals surface area contributed by atoms with Crippen molar-refractivity contribution in [3.63, 3.8) is 0 Å². The van der Waals surface area contributed by atoms with E-state index in [4.69, 9.17) is 9.47 Å². The molecule has 0 bridgehead atoms. The fraction of sp³-hybridized carbons (Fsp3) is 0.250. The number of aromatic amines is 1. The first kappa shape index (κ1) is 22.0. The maximum atomic E-state index is 11.7. The van der Waals surface area contributed by atoms with Gasteiger partial charge in [-0.15, -0.1) is 0 Å². The predicted molar refractivity (Wildman–Crippen MR) is 124 cm³/mol. The molecule has 1 aliphatic heterocycles. The number of ether oxygens (including phenoxy) is 2. The van der Waals surface area contributed by atoms with Crippen LogP contribution in [0.3, 0.4) is 0 Å². The lowest BCUT2D eigenvalue weighted by Crippen LogP contribution is -2.16. The largest absolute Gasteiger partial charge is 0.488 e. The van der Waals surface area contributed by atoms with Crippen LogP contribution in [0.1, 0.15) is 19.0 Å². The number of rotatable bonds is 8. The van der Waals surface area contributed by atoms with Crippen LogP contribution in [0.25, 0.3) is 17.0 Å². The number of benzene rings is 2. The molecule has 0 aliphatic carbocycles. The summed E-state index contributed by atoms with van der Waals surface area (Å²) in [5.41, 5.74) is 3.85. The van der Waals surface area contributed by atoms with Gasteiger partial charge in [0.15, 0.2) is 9.84 Å². The maximum Gasteiger partial charge on any atom is 0.175 e. The Morgan fingerprint density at radius 2 is 1.72 bits per heavy atom. The first-order valence-electron chi connectivity index (χ1n) is 10.4. The quantitative estimate of drug-likeness (QED) is 0.476. The molecular weight excluding hydrogens is 428 g/mol. The van der Waals surface area contributed by atoms with Gasteiger partial charge in [-0.3, -0.25) is 0 Å². The van der Waals surface area contributed by atoms with E-state index in [-0.39, 0.29) is 17.6 Å². The molecule has 0 fully saturated rings. The van der Waals surface area contributed by atoms with Gasteiger partial charge >= 0.3 is 0 Å². The smallest absolute Gasteiger partial charge is 0.175 e. The Morgan fingerprint density at radius 3 is 2.38 bits per heavy atom. The Kier molecular flexibility index (Phi) is 6.25. The van der Waals surface area contributed by atoms with E-state index in [1.165, 1.54) is 18.4 Å². The number of sulfone groups is 1. The van der Waals surface area contributed by atoms with Crippen LogP contribution in [0.2, 0.25) is 0 Å². The van der Waals surface area contributed by atoms with Crippen LogP contribution >= 0.6 is 0 Å². The van der Waals surface area contributed by atoms with Gasteiger partial charge in [0.25, 0.3) is 0 Å². The Morgan fingerprint density at radius 1 is 1.00 bits per heavy atom. The maximum absolute atomic E-state index is 11.7. The topological polar surface area (TPSA) is 101 Å². The van der Waals surface area contributed by atoms with Crippen molar-refractivity contribution in [1.82, 2.24) is 10.3 Å². The van der Waals surface area contributed by atoms with Crippen molar-refractivity contribution in [3.05, 3.63) is 66.4 Å². The molecule has 1 atom stereocenters. The zero-order chi connectivity index (χ0) is 22.7. The number of hydrogen-bond acceptors (Lipinski definition) is 6. The number of H-pyrrole nitrogens is 1. The Bertz CT molecular complexity index is 1230. The molecule has 0 saturated carbocycles. The van der Waals surface area contributed by atoms with Gasteiger partial charge in [-0.05, 0) is 61.9 Å². The van der Waals surface area contributed by atoms with Crippen LogP contribution in [0.15, 0.2) is 65.6 Å². The van der Waals surface area contributed by atoms with Crippen molar-refractivity contribution in [1.29, 1.82) is 0 Å². The van der Waals surface area contributed by atoms with Crippen molar-refractivity contribution < 1.29 is 23.0 Å². The van der Waals surface area contributed by atoms with Gasteiger partial charge in [0, 0.05) is 30.1 Å². The van der Waals surface area contributed by atoms with Gasteiger partial charge < -0.3 is 24.9 Å². The van der Waals surface area contributed by atoms with Crippen LogP contribution in [0, 0.1) is 0 Å². The van der Waals surface area contributed by atoms with E-state index in [0.29, 0.717) is 17.2 Å². The molecule has 1 aromatic heterocycles. The normalized spacial score (nSPS) is 14.5. The SMILES string of the molecule is C[C@@H](CO)Oc1cc(Oc2ccc(S(C)(=O)=O)cc2)cc(-c2ccc(C3=CCCN3)[nH]2)c1. The highest BCUT2D eigenvalue weighted by molar-refractivity contribution is 7.90. The molecule has 0 spiro atoms. The summed E-state index contributed by atoms with van der Waals surface area (Å²) in [5, 5.41) is 12.7. The highest BCUT2D eigenvalue weighted by atomic mass is 32.2. The molecule has 0 amide bonds. The van der Waals surface area contributed by atoms with Crippen molar-refractivity contribution in [2.24, 2.45) is 0 Å². The van der Waals surface area contributed by atoms with Crippen molar-refractivity contribution in [2.75, 3.05) is 19.4 Å². The van der Waals surface area contributed by atoms with E-state index >= 15 is 0 Å². The highest BCUT2D eigenvalue weighted by Gasteiger charge is 2.13. The molecule has 8 heteroatoms. The van der Waals surface area contributed by atoms with E-state index in [9.17, 15) is 13.5 Å². The minimum absolute atomic E-state index is 0.111. The summed E-state index contributed by atoms with van der Waals surface area (Å²) in [6.45, 7) is 2.60. The van der Waals surface area contributed by atoms with E-state index < -0.39 is 9.84 Å². The lowest BCUT2D eigenvalue weighted by atomic mass is 10.1. The summed E-state index contributed by atoms with van der Waals surface area (Å²) in [6, 6.07) is 15.8. The first-order valence-corrected chi connectivity index (χ1v) is 12.3. The number of aliphatic hydroxyl groups excluding tert-OH is 1. The molecule has 3 N–H and O–H groups in total. The molecule has 0 radical (unpaired) electrons. The molecule has 7 nitrogen and oxygen atoms in total. The van der Waals surface area contributed by atoms with Gasteiger partial charge in [0.2, 0.25) is 0 Å². The molecule has 1 aliphatic rings. The van der Waals surface area contributed by atoms with Crippen LogP contribution in [-0.2, 0) is 9.84 Å². The summed E-state index contributed by atoms with van der Waals surface area (Å²) in [6.07, 6.45) is 3.95. The fourth-order valence-electron chi connectivity index (χ4n) is 3.44. The fourth-order valence-corrected chi connectivity index (χ4v) is 4.07. The minimum Gasteiger partial charge on any atom is -0.488 e. The van der Waals surface area contributed by atoms with Crippen LogP contribution in [-0.4, -0.2) is 44.0 Å². The summed E-state index contributed by atoms with van der Waals surface area (Å²) < 4.78 is 35.2. The lowest BCUT2D eigenvalue weighted by molar-refractivity contribution is 0.129. The summed E-state index contributed by atoms with van der Waals surface area (Å²) in [4.78, 5) is 3.65. The van der Waals surface area contributed by atoms with Gasteiger partial charge in [0.05, 0.1) is 22.9 Å². The Balaban J connectivity index is 1.65. The van der Waals surface area contributed by atoms with Crippen molar-refractivity contribution in [3.8, 4) is 28.5 Å². The highest BCUT2D eigenvalue weighted by Crippen LogP contribution is 2.33. The standard InChI is InChI=1S/C24H26N2O5S/c1-16(15-27)30-19-12-17(22-9-10-24(26-22)23-4-3-11-25-23)13-20(14-19)31-18-5-7-21(8-6-18)32(2,28)29/h4-10,12-14,16,25-27H,3,11,15H2,1-2H3/t16-/m0/s1. The Hall–Kier alpha value is -3.23. The van der Waals surface area contributed by atoms with Gasteiger partial charge in [0.1, 0.15) is 23.4 Å². The van der Waals surface area contributed by atoms with Crippen LogP contribution in [0.4, 0.5) is 0 Å². The van der Waals surface area contributed by atoms with Gasteiger partial charge in [-0.1, -0.05) is 6.08 Å². The predicted octanol–water partition coefficient (Wildman–Crippen LogP) is 3.97. The molecule has 3 aromatic rings. The molecule has 32 heavy (non-hydrogen) atoms. The van der Waals surface area contributed by atoms with Crippen molar-refractivity contribution in [2.45, 2.75) is 24.3 Å². The van der Waals surface area contributed by atoms with Gasteiger partial charge in [-0.2, -0.15) is 0 Å². The van der Waals surface area contributed by atoms with E-state index in [1.807, 2.05) is 24.3 Å². The number of aliphatic hydroxyl groups is 1. The summed E-state index contributed by atoms with van der Waals surface area (Å²) in [7, 11) is -3.28. The van der Waals surface area contributed by atoms with E-state index in [1.54, 1.807) is 25.1 Å². The zero-order valence-electron chi connectivity index (χ0n) is 18.0. The molecule has 2 aromatic carbocycles. The average molecular weight is 455 g/mol. The zero-order valence-corrected chi connectivity index (χ0v) is 18.8. The molecule has 168 valence electrons. The minimum atomic E-state index is -3.28. The van der Waals surface area contributed by atoms with E-state index in [2.05, 4.69) is 16.4 Å². The molecule has 4 rings (SSSR count). The number of hydrogen-bond donors (Lipinski definition) is 3. The second-order valence-electron chi connectivity index (χ2n) is 7.77. The monoisotopic (exact) mass is 454 g/mol. The Labute approximate surface area is 187 Å². The summed E-state index contributed by atoms with van der Waals surface area (Å²) in [5.74, 6) is 1.59. The third kappa shape index (κ3) is 5.15. The molecule has 2 heterocycles. The van der Waals surface area contributed by atoms with Crippen LogP contribution in [0.5, 0.6) is 17.2 Å². The lowest BCUT2D eigenvalue weighted by Gasteiger charge is -2.15. The number of nitrogens with one attached hydrogen (secondary N) is 2. The third-order valence-electron chi connectivity index (χ3n) is 5.06. The van der Waals surface area contributed by atoms with E-state index in [0.717, 1.165) is 35.6 Å². The second-order valence-corrected chi connectivity index (χ2v) is 9.78. The van der Waals surface area contributed by atoms with Crippen molar-refractivity contribution >= 4 is 15.5 Å². The van der Waals surface area contributed by atoms with Crippen LogP contribution < -0.4 is 14.8 Å². The first-order chi connectivity index (χ1) is 15.3.